The first kappa shape index (κ1) is 9.29. The molecular weight excluding hydrogens is 168 g/mol. The Morgan fingerprint density at radius 1 is 1.75 bits per heavy atom. The van der Waals surface area contributed by atoms with E-state index in [9.17, 15) is 0 Å². The van der Waals surface area contributed by atoms with Crippen LogP contribution in [0.1, 0.15) is 11.6 Å². The van der Waals surface area contributed by atoms with Crippen molar-refractivity contribution in [2.45, 2.75) is 11.1 Å². The molecule has 1 aromatic heterocycles. The van der Waals surface area contributed by atoms with E-state index in [0.29, 0.717) is 0 Å². The highest BCUT2D eigenvalue weighted by molar-refractivity contribution is 7.98. The van der Waals surface area contributed by atoms with Crippen LogP contribution in [-0.2, 0) is 0 Å². The third-order valence-electron chi connectivity index (χ3n) is 1.61. The maximum Gasteiger partial charge on any atom is 0.101 e. The number of thioether (sulfide) groups is 1. The molecule has 0 bridgehead atoms. The van der Waals surface area contributed by atoms with Crippen molar-refractivity contribution in [3.8, 4) is 0 Å². The Kier molecular flexibility index (Phi) is 3.31. The lowest BCUT2D eigenvalue weighted by Crippen LogP contribution is -2.08. The molecular formula is C9H12N2S. The zero-order valence-corrected chi connectivity index (χ0v) is 7.84. The van der Waals surface area contributed by atoms with Crippen LogP contribution in [0.5, 0.6) is 0 Å². The Balaban J connectivity index is 3.04. The number of rotatable bonds is 3. The average molecular weight is 180 g/mol. The number of pyridine rings is 1. The van der Waals surface area contributed by atoms with Crippen LogP contribution in [0.3, 0.4) is 0 Å². The minimum absolute atomic E-state index is 0.110. The van der Waals surface area contributed by atoms with Gasteiger partial charge in [0.2, 0.25) is 0 Å². The van der Waals surface area contributed by atoms with E-state index in [-0.39, 0.29) is 6.04 Å². The Morgan fingerprint density at radius 2 is 2.50 bits per heavy atom. The molecule has 1 aromatic rings. The summed E-state index contributed by atoms with van der Waals surface area (Å²) in [6.07, 6.45) is 5.48. The van der Waals surface area contributed by atoms with Gasteiger partial charge in [-0.15, -0.1) is 18.3 Å². The van der Waals surface area contributed by atoms with Gasteiger partial charge >= 0.3 is 0 Å². The molecule has 0 fully saturated rings. The van der Waals surface area contributed by atoms with E-state index in [1.807, 2.05) is 18.4 Å². The first-order valence-electron chi connectivity index (χ1n) is 3.66. The van der Waals surface area contributed by atoms with Gasteiger partial charge in [0, 0.05) is 11.8 Å². The zero-order chi connectivity index (χ0) is 8.97. The first-order chi connectivity index (χ1) is 5.79. The summed E-state index contributed by atoms with van der Waals surface area (Å²) in [4.78, 5) is 4.20. The van der Waals surface area contributed by atoms with Gasteiger partial charge in [-0.2, -0.15) is 0 Å². The maximum atomic E-state index is 5.80. The molecule has 0 aliphatic rings. The van der Waals surface area contributed by atoms with E-state index >= 15 is 0 Å². The molecule has 3 heteroatoms. The maximum absolute atomic E-state index is 5.80. The van der Waals surface area contributed by atoms with Crippen LogP contribution in [0, 0.1) is 0 Å². The van der Waals surface area contributed by atoms with Crippen LogP contribution >= 0.6 is 11.8 Å². The van der Waals surface area contributed by atoms with Gasteiger partial charge in [0.15, 0.2) is 0 Å². The highest BCUT2D eigenvalue weighted by Crippen LogP contribution is 2.22. The van der Waals surface area contributed by atoms with E-state index in [4.69, 9.17) is 5.73 Å². The standard InChI is InChI=1S/C9H12N2S/c1-3-8(10)7-5-4-6-11-9(7)12-2/h3-6,8H,1,10H2,2H3/t8-/m1/s1. The van der Waals surface area contributed by atoms with E-state index in [1.165, 1.54) is 0 Å². The van der Waals surface area contributed by atoms with Gasteiger partial charge in [-0.25, -0.2) is 4.98 Å². The van der Waals surface area contributed by atoms with Crippen molar-refractivity contribution in [2.75, 3.05) is 6.26 Å². The van der Waals surface area contributed by atoms with Gasteiger partial charge in [0.25, 0.3) is 0 Å². The van der Waals surface area contributed by atoms with Gasteiger partial charge in [-0.1, -0.05) is 12.1 Å². The normalized spacial score (nSPS) is 12.5. The Morgan fingerprint density at radius 3 is 3.08 bits per heavy atom. The van der Waals surface area contributed by atoms with Gasteiger partial charge in [-0.3, -0.25) is 0 Å². The fourth-order valence-corrected chi connectivity index (χ4v) is 1.56. The number of nitrogens with two attached hydrogens (primary N) is 1. The Hall–Kier alpha value is -0.800. The van der Waals surface area contributed by atoms with Crippen molar-refractivity contribution in [3.63, 3.8) is 0 Å². The summed E-state index contributed by atoms with van der Waals surface area (Å²) in [5.74, 6) is 0. The number of hydrogen-bond donors (Lipinski definition) is 1. The lowest BCUT2D eigenvalue weighted by Gasteiger charge is -2.09. The lowest BCUT2D eigenvalue weighted by atomic mass is 10.1. The minimum Gasteiger partial charge on any atom is -0.321 e. The molecule has 0 spiro atoms. The van der Waals surface area contributed by atoms with Crippen LogP contribution in [0.4, 0.5) is 0 Å². The summed E-state index contributed by atoms with van der Waals surface area (Å²) in [6, 6.07) is 3.75. The molecule has 0 saturated heterocycles. The van der Waals surface area contributed by atoms with Crippen molar-refractivity contribution >= 4 is 11.8 Å². The first-order valence-corrected chi connectivity index (χ1v) is 4.89. The summed E-state index contributed by atoms with van der Waals surface area (Å²) in [5, 5.41) is 0.977. The number of aromatic nitrogens is 1. The fraction of sp³-hybridized carbons (Fsp3) is 0.222. The molecule has 0 aromatic carbocycles. The van der Waals surface area contributed by atoms with Gasteiger partial charge in [0.1, 0.15) is 5.03 Å². The number of nitrogens with zero attached hydrogens (tertiary/aromatic N) is 1. The van der Waals surface area contributed by atoms with Gasteiger partial charge < -0.3 is 5.73 Å². The smallest absolute Gasteiger partial charge is 0.101 e. The Bertz CT molecular complexity index is 273. The molecule has 12 heavy (non-hydrogen) atoms. The predicted octanol–water partition coefficient (Wildman–Crippen LogP) is 1.99. The van der Waals surface area contributed by atoms with Crippen LogP contribution in [0.2, 0.25) is 0 Å². The molecule has 1 rings (SSSR count). The largest absolute Gasteiger partial charge is 0.321 e. The molecule has 64 valence electrons. The van der Waals surface area contributed by atoms with Crippen molar-refractivity contribution in [1.82, 2.24) is 4.98 Å². The Labute approximate surface area is 76.9 Å². The summed E-state index contributed by atoms with van der Waals surface area (Å²) in [7, 11) is 0. The zero-order valence-electron chi connectivity index (χ0n) is 7.03. The SMILES string of the molecule is C=C[C@@H](N)c1cccnc1SC. The van der Waals surface area contributed by atoms with Crippen molar-refractivity contribution in [1.29, 1.82) is 0 Å². The average Bonchev–Trinajstić information content (AvgIpc) is 2.16. The molecule has 0 saturated carbocycles. The summed E-state index contributed by atoms with van der Waals surface area (Å²) >= 11 is 1.60. The van der Waals surface area contributed by atoms with E-state index in [1.54, 1.807) is 24.0 Å². The molecule has 0 aliphatic heterocycles. The highest BCUT2D eigenvalue weighted by atomic mass is 32.2. The monoisotopic (exact) mass is 180 g/mol. The summed E-state index contributed by atoms with van der Waals surface area (Å²) in [5.41, 5.74) is 6.84. The topological polar surface area (TPSA) is 38.9 Å². The van der Waals surface area contributed by atoms with Crippen molar-refractivity contribution in [3.05, 3.63) is 36.5 Å². The molecule has 1 heterocycles. The molecule has 2 nitrogen and oxygen atoms in total. The third-order valence-corrected chi connectivity index (χ3v) is 2.33. The summed E-state index contributed by atoms with van der Waals surface area (Å²) < 4.78 is 0. The quantitative estimate of drug-likeness (QED) is 0.571. The minimum atomic E-state index is -0.110. The number of hydrogen-bond acceptors (Lipinski definition) is 3. The van der Waals surface area contributed by atoms with Crippen LogP contribution in [0.25, 0.3) is 0 Å². The second kappa shape index (κ2) is 4.28. The second-order valence-corrected chi connectivity index (χ2v) is 3.16. The van der Waals surface area contributed by atoms with E-state index < -0.39 is 0 Å². The molecule has 0 amide bonds. The van der Waals surface area contributed by atoms with Gasteiger partial charge in [0.05, 0.1) is 6.04 Å². The molecule has 2 N–H and O–H groups in total. The molecule has 0 unspecified atom stereocenters. The van der Waals surface area contributed by atoms with Crippen LogP contribution in [0.15, 0.2) is 36.0 Å². The second-order valence-electron chi connectivity index (χ2n) is 2.36. The third kappa shape index (κ3) is 1.87. The van der Waals surface area contributed by atoms with Crippen molar-refractivity contribution < 1.29 is 0 Å². The van der Waals surface area contributed by atoms with E-state index in [2.05, 4.69) is 11.6 Å². The van der Waals surface area contributed by atoms with Gasteiger partial charge in [-0.05, 0) is 12.3 Å². The molecule has 0 aliphatic carbocycles. The molecule has 0 radical (unpaired) electrons. The van der Waals surface area contributed by atoms with Crippen LogP contribution < -0.4 is 5.73 Å². The van der Waals surface area contributed by atoms with Crippen LogP contribution in [-0.4, -0.2) is 11.2 Å². The highest BCUT2D eigenvalue weighted by Gasteiger charge is 2.06. The lowest BCUT2D eigenvalue weighted by molar-refractivity contribution is 0.858. The van der Waals surface area contributed by atoms with Crippen molar-refractivity contribution in [2.24, 2.45) is 5.73 Å². The van der Waals surface area contributed by atoms with E-state index in [0.717, 1.165) is 10.6 Å². The molecule has 1 atom stereocenters. The summed E-state index contributed by atoms with van der Waals surface area (Å²) in [6.45, 7) is 3.65. The predicted molar refractivity (Wildman–Crippen MR) is 53.1 cm³/mol. The fourth-order valence-electron chi connectivity index (χ4n) is 0.954.